The van der Waals surface area contributed by atoms with E-state index >= 15 is 0 Å². The highest BCUT2D eigenvalue weighted by Crippen LogP contribution is 2.42. The number of aliphatic hydroxyl groups excluding tert-OH is 2. The summed E-state index contributed by atoms with van der Waals surface area (Å²) in [5.74, 6) is -6.27. The second-order valence-electron chi connectivity index (χ2n) is 10.0. The molecule has 1 saturated carbocycles. The first-order valence-corrected chi connectivity index (χ1v) is 12.4. The molecule has 3 rings (SSSR count). The van der Waals surface area contributed by atoms with Crippen LogP contribution in [0.3, 0.4) is 0 Å². The quantitative estimate of drug-likeness (QED) is 0.222. The van der Waals surface area contributed by atoms with E-state index in [1.54, 1.807) is 0 Å². The summed E-state index contributed by atoms with van der Waals surface area (Å²) in [7, 11) is 0. The van der Waals surface area contributed by atoms with Crippen LogP contribution in [0.1, 0.15) is 51.7 Å². The summed E-state index contributed by atoms with van der Waals surface area (Å²) in [5, 5.41) is 32.7. The van der Waals surface area contributed by atoms with Crippen molar-refractivity contribution in [3.63, 3.8) is 0 Å². The smallest absolute Gasteiger partial charge is 0.412 e. The van der Waals surface area contributed by atoms with Crippen molar-refractivity contribution in [3.05, 3.63) is 22.7 Å². The highest BCUT2D eigenvalue weighted by Gasteiger charge is 2.59. The Labute approximate surface area is 221 Å². The van der Waals surface area contributed by atoms with E-state index in [0.717, 1.165) is 51.3 Å². The lowest BCUT2D eigenvalue weighted by atomic mass is 9.84. The van der Waals surface area contributed by atoms with Crippen LogP contribution in [0.5, 0.6) is 0 Å². The molecule has 0 bridgehead atoms. The monoisotopic (exact) mass is 561 g/mol. The van der Waals surface area contributed by atoms with Gasteiger partial charge in [0, 0.05) is 6.20 Å². The number of amides is 2. The number of hydrogen-bond acceptors (Lipinski definition) is 10. The minimum absolute atomic E-state index is 0.271. The number of nitrogens with one attached hydrogen (secondary N) is 2. The Morgan fingerprint density at radius 2 is 2.00 bits per heavy atom. The Bertz CT molecular complexity index is 1110. The topological polar surface area (TPSA) is 215 Å². The number of aromatic nitrogens is 2. The number of alkyl halides is 2. The Hall–Kier alpha value is -3.21. The van der Waals surface area contributed by atoms with Crippen molar-refractivity contribution in [1.82, 2.24) is 14.9 Å². The van der Waals surface area contributed by atoms with Gasteiger partial charge in [-0.15, -0.1) is 0 Å². The number of carbonyl (C=O) groups excluding carboxylic acids is 2. The van der Waals surface area contributed by atoms with Crippen molar-refractivity contribution in [2.24, 2.45) is 11.7 Å². The van der Waals surface area contributed by atoms with Gasteiger partial charge >= 0.3 is 23.7 Å². The fourth-order valence-electron chi connectivity index (χ4n) is 4.53. The van der Waals surface area contributed by atoms with E-state index in [0.29, 0.717) is 11.0 Å². The zero-order valence-corrected chi connectivity index (χ0v) is 21.2. The number of aliphatic carboxylic acids is 1. The van der Waals surface area contributed by atoms with E-state index < -0.39 is 78.6 Å². The molecule has 1 saturated heterocycles. The molecule has 1 aromatic rings. The first-order valence-electron chi connectivity index (χ1n) is 12.4. The zero-order valence-electron chi connectivity index (χ0n) is 21.2. The molecule has 1 aliphatic carbocycles. The van der Waals surface area contributed by atoms with Crippen LogP contribution in [0.2, 0.25) is 0 Å². The highest BCUT2D eigenvalue weighted by atomic mass is 19.3. The van der Waals surface area contributed by atoms with Gasteiger partial charge in [0.2, 0.25) is 12.1 Å². The van der Waals surface area contributed by atoms with Gasteiger partial charge in [-0.1, -0.05) is 32.1 Å². The van der Waals surface area contributed by atoms with Crippen molar-refractivity contribution >= 4 is 23.8 Å². The predicted molar refractivity (Wildman–Crippen MR) is 129 cm³/mol. The number of hydrogen-bond donors (Lipinski definition) is 6. The standard InChI is InChI=1S/C23H33F2N5O9/c1-22(19(34)35,29-17(33)13(26)9-12-5-3-2-4-6-12)11-38-21(37)28-15-7-8-30(20(36)27-15)18-23(24,25)16(32)14(10-31)39-18/h7-8,12-14,16,18,31-32H,2-6,9-11,26H2,1H3,(H,29,33)(H,34,35)(H,27,28,36,37)/t13-,14+,16+,18+,22+/m0/s1. The van der Waals surface area contributed by atoms with E-state index in [1.165, 1.54) is 0 Å². The molecule has 5 atom stereocenters. The third-order valence-corrected chi connectivity index (χ3v) is 6.88. The molecule has 14 nitrogen and oxygen atoms in total. The van der Waals surface area contributed by atoms with Gasteiger partial charge in [-0.3, -0.25) is 14.7 Å². The van der Waals surface area contributed by atoms with E-state index in [-0.39, 0.29) is 5.92 Å². The lowest BCUT2D eigenvalue weighted by molar-refractivity contribution is -0.148. The van der Waals surface area contributed by atoms with Crippen LogP contribution in [0, 0.1) is 5.92 Å². The maximum atomic E-state index is 14.3. The van der Waals surface area contributed by atoms with Gasteiger partial charge in [0.15, 0.2) is 11.6 Å². The van der Waals surface area contributed by atoms with E-state index in [4.69, 9.17) is 20.3 Å². The van der Waals surface area contributed by atoms with Gasteiger partial charge in [-0.2, -0.15) is 13.8 Å². The number of carboxylic acid groups (broad SMARTS) is 1. The first kappa shape index (κ1) is 30.3. The second-order valence-corrected chi connectivity index (χ2v) is 10.0. The molecule has 2 aliphatic rings. The normalized spacial score (nSPS) is 25.3. The number of aliphatic hydroxyl groups is 2. The van der Waals surface area contributed by atoms with Crippen molar-refractivity contribution in [2.45, 2.75) is 81.4 Å². The number of nitrogens with zero attached hydrogens (tertiary/aromatic N) is 2. The Balaban J connectivity index is 1.58. The molecule has 39 heavy (non-hydrogen) atoms. The summed E-state index contributed by atoms with van der Waals surface area (Å²) in [6, 6.07) is 0.0183. The average molecular weight is 562 g/mol. The molecule has 2 fully saturated rings. The fraction of sp³-hybridized carbons (Fsp3) is 0.696. The summed E-state index contributed by atoms with van der Waals surface area (Å²) in [5.41, 5.74) is 2.68. The van der Waals surface area contributed by atoms with E-state index in [1.807, 2.05) is 0 Å². The second kappa shape index (κ2) is 12.3. The first-order chi connectivity index (χ1) is 18.3. The lowest BCUT2D eigenvalue weighted by Crippen LogP contribution is -2.59. The van der Waals surface area contributed by atoms with Crippen LogP contribution in [0.25, 0.3) is 0 Å². The van der Waals surface area contributed by atoms with Gasteiger partial charge in [0.05, 0.1) is 12.6 Å². The summed E-state index contributed by atoms with van der Waals surface area (Å²) in [4.78, 5) is 52.4. The van der Waals surface area contributed by atoms with Crippen LogP contribution in [0.4, 0.5) is 19.4 Å². The number of carbonyl (C=O) groups is 3. The van der Waals surface area contributed by atoms with Gasteiger partial charge in [-0.05, 0) is 25.3 Å². The van der Waals surface area contributed by atoms with Crippen LogP contribution in [-0.2, 0) is 19.1 Å². The van der Waals surface area contributed by atoms with Gasteiger partial charge in [0.1, 0.15) is 18.5 Å². The van der Waals surface area contributed by atoms with Crippen LogP contribution >= 0.6 is 0 Å². The molecule has 218 valence electrons. The van der Waals surface area contributed by atoms with Crippen LogP contribution < -0.4 is 22.1 Å². The van der Waals surface area contributed by atoms with Crippen molar-refractivity contribution in [3.8, 4) is 0 Å². The fourth-order valence-corrected chi connectivity index (χ4v) is 4.53. The largest absolute Gasteiger partial charge is 0.479 e. The molecule has 7 N–H and O–H groups in total. The maximum absolute atomic E-state index is 14.3. The molecule has 1 aromatic heterocycles. The van der Waals surface area contributed by atoms with Gasteiger partial charge in [-0.25, -0.2) is 14.4 Å². The molecule has 2 heterocycles. The van der Waals surface area contributed by atoms with Crippen molar-refractivity contribution < 1.29 is 48.0 Å². The summed E-state index contributed by atoms with van der Waals surface area (Å²) in [6.07, 6.45) is -1.15. The molecule has 2 amide bonds. The summed E-state index contributed by atoms with van der Waals surface area (Å²) < 4.78 is 38.8. The number of anilines is 1. The van der Waals surface area contributed by atoms with E-state index in [9.17, 15) is 38.2 Å². The summed E-state index contributed by atoms with van der Waals surface area (Å²) >= 11 is 0. The highest BCUT2D eigenvalue weighted by molar-refractivity contribution is 5.90. The molecule has 0 spiro atoms. The summed E-state index contributed by atoms with van der Waals surface area (Å²) in [6.45, 7) is -0.595. The Morgan fingerprint density at radius 1 is 1.33 bits per heavy atom. The Kier molecular flexibility index (Phi) is 9.58. The third kappa shape index (κ3) is 7.06. The SMILES string of the molecule is C[C@](COC(=O)Nc1ccn([C@@H]2O[C@H](CO)[C@@H](O)C2(F)F)c(=O)n1)(NC(=O)[C@@H](N)CC1CCCCC1)C(=O)O. The average Bonchev–Trinajstić information content (AvgIpc) is 3.11. The van der Waals surface area contributed by atoms with Gasteiger partial charge < -0.3 is 35.8 Å². The van der Waals surface area contributed by atoms with Crippen molar-refractivity contribution in [2.75, 3.05) is 18.5 Å². The molecular formula is C23H33F2N5O9. The zero-order chi connectivity index (χ0) is 29.0. The number of nitrogens with two attached hydrogens (primary N) is 1. The number of carboxylic acids is 1. The van der Waals surface area contributed by atoms with Crippen LogP contribution in [-0.4, -0.2) is 85.8 Å². The van der Waals surface area contributed by atoms with Gasteiger partial charge in [0.25, 0.3) is 0 Å². The minimum Gasteiger partial charge on any atom is -0.479 e. The van der Waals surface area contributed by atoms with E-state index in [2.05, 4.69) is 15.6 Å². The molecular weight excluding hydrogens is 528 g/mol. The molecule has 16 heteroatoms. The predicted octanol–water partition coefficient (Wildman–Crippen LogP) is -0.0651. The number of rotatable bonds is 10. The molecule has 0 aromatic carbocycles. The minimum atomic E-state index is -3.92. The third-order valence-electron chi connectivity index (χ3n) is 6.88. The van der Waals surface area contributed by atoms with Crippen LogP contribution in [0.15, 0.2) is 17.1 Å². The number of halogens is 2. The molecule has 1 aliphatic heterocycles. The Morgan fingerprint density at radius 3 is 2.56 bits per heavy atom. The maximum Gasteiger partial charge on any atom is 0.412 e. The molecule has 0 unspecified atom stereocenters. The van der Waals surface area contributed by atoms with Crippen molar-refractivity contribution in [1.29, 1.82) is 0 Å². The lowest BCUT2D eigenvalue weighted by Gasteiger charge is -2.29. The molecule has 0 radical (unpaired) electrons. The number of ether oxygens (including phenoxy) is 2.